The molecule has 0 fully saturated rings. The van der Waals surface area contributed by atoms with Gasteiger partial charge in [0, 0.05) is 0 Å². The number of aromatic amines is 1. The maximum atomic E-state index is 11.9. The number of carboxylic acids is 1. The van der Waals surface area contributed by atoms with E-state index in [0.717, 1.165) is 0 Å². The van der Waals surface area contributed by atoms with Crippen molar-refractivity contribution in [2.45, 2.75) is 19.4 Å². The van der Waals surface area contributed by atoms with Crippen LogP contribution in [0.1, 0.15) is 34.7 Å². The smallest absolute Gasteiger partial charge is 0.335 e. The van der Waals surface area contributed by atoms with E-state index in [2.05, 4.69) is 20.5 Å². The molecule has 1 aromatic heterocycles. The maximum Gasteiger partial charge on any atom is 0.335 e. The monoisotopic (exact) mass is 274 g/mol. The zero-order valence-corrected chi connectivity index (χ0v) is 10.8. The van der Waals surface area contributed by atoms with E-state index in [0.29, 0.717) is 11.4 Å². The quantitative estimate of drug-likeness (QED) is 0.751. The van der Waals surface area contributed by atoms with Crippen LogP contribution in [0.2, 0.25) is 0 Å². The second-order valence-corrected chi connectivity index (χ2v) is 4.30. The molecule has 104 valence electrons. The average molecular weight is 274 g/mol. The molecule has 7 nitrogen and oxygen atoms in total. The van der Waals surface area contributed by atoms with E-state index in [9.17, 15) is 9.59 Å². The number of aromatic nitrogens is 3. The first-order valence-corrected chi connectivity index (χ1v) is 6.03. The Morgan fingerprint density at radius 1 is 1.40 bits per heavy atom. The minimum Gasteiger partial charge on any atom is -0.478 e. The molecule has 0 saturated heterocycles. The summed E-state index contributed by atoms with van der Waals surface area (Å²) in [6, 6.07) is 6.12. The van der Waals surface area contributed by atoms with Gasteiger partial charge in [-0.1, -0.05) is 18.2 Å². The number of rotatable bonds is 5. The summed E-state index contributed by atoms with van der Waals surface area (Å²) >= 11 is 0. The lowest BCUT2D eigenvalue weighted by molar-refractivity contribution is -0.121. The summed E-state index contributed by atoms with van der Waals surface area (Å²) in [6.45, 7) is 1.77. The second kappa shape index (κ2) is 5.96. The molecule has 2 rings (SSSR count). The Morgan fingerprint density at radius 2 is 2.15 bits per heavy atom. The van der Waals surface area contributed by atoms with Crippen molar-refractivity contribution in [2.75, 3.05) is 0 Å². The number of nitrogens with one attached hydrogen (secondary N) is 2. The molecule has 1 heterocycles. The van der Waals surface area contributed by atoms with Crippen LogP contribution in [0.15, 0.2) is 30.6 Å². The summed E-state index contributed by atoms with van der Waals surface area (Å²) in [5, 5.41) is 18.2. The molecule has 0 saturated carbocycles. The van der Waals surface area contributed by atoms with E-state index in [-0.39, 0.29) is 23.9 Å². The molecule has 0 aliphatic heterocycles. The van der Waals surface area contributed by atoms with Gasteiger partial charge in [0.1, 0.15) is 12.2 Å². The van der Waals surface area contributed by atoms with Gasteiger partial charge in [-0.3, -0.25) is 9.89 Å². The lowest BCUT2D eigenvalue weighted by Crippen LogP contribution is -2.29. The molecule has 0 aliphatic carbocycles. The largest absolute Gasteiger partial charge is 0.478 e. The Balaban J connectivity index is 2.03. The summed E-state index contributed by atoms with van der Waals surface area (Å²) in [5.74, 6) is -0.774. The number of carboxylic acid groups (broad SMARTS) is 1. The van der Waals surface area contributed by atoms with Gasteiger partial charge in [-0.15, -0.1) is 0 Å². The first kappa shape index (κ1) is 13.7. The van der Waals surface area contributed by atoms with E-state index >= 15 is 0 Å². The average Bonchev–Trinajstić information content (AvgIpc) is 2.92. The Kier molecular flexibility index (Phi) is 4.09. The first-order valence-electron chi connectivity index (χ1n) is 6.03. The number of hydrogen-bond acceptors (Lipinski definition) is 4. The number of nitrogens with zero attached hydrogens (tertiary/aromatic N) is 2. The van der Waals surface area contributed by atoms with Crippen LogP contribution in [0.25, 0.3) is 0 Å². The van der Waals surface area contributed by atoms with Crippen molar-refractivity contribution in [3.05, 3.63) is 47.5 Å². The maximum absolute atomic E-state index is 11.9. The van der Waals surface area contributed by atoms with Crippen LogP contribution >= 0.6 is 0 Å². The molecule has 7 heteroatoms. The first-order chi connectivity index (χ1) is 9.58. The lowest BCUT2D eigenvalue weighted by Gasteiger charge is -2.11. The van der Waals surface area contributed by atoms with Crippen molar-refractivity contribution >= 4 is 11.9 Å². The summed E-state index contributed by atoms with van der Waals surface area (Å²) < 4.78 is 0. The highest BCUT2D eigenvalue weighted by atomic mass is 16.4. The molecular weight excluding hydrogens is 260 g/mol. The fourth-order valence-electron chi connectivity index (χ4n) is 1.84. The van der Waals surface area contributed by atoms with E-state index in [1.54, 1.807) is 25.1 Å². The van der Waals surface area contributed by atoms with Crippen molar-refractivity contribution in [3.8, 4) is 0 Å². The van der Waals surface area contributed by atoms with Crippen molar-refractivity contribution in [1.29, 1.82) is 0 Å². The van der Waals surface area contributed by atoms with Crippen LogP contribution in [0.3, 0.4) is 0 Å². The predicted octanol–water partition coefficient (Wildman–Crippen LogP) is 0.923. The highest BCUT2D eigenvalue weighted by molar-refractivity contribution is 5.91. The number of aromatic carboxylic acids is 1. The minimum absolute atomic E-state index is 0.000943. The molecule has 0 radical (unpaired) electrons. The van der Waals surface area contributed by atoms with Crippen molar-refractivity contribution < 1.29 is 14.7 Å². The van der Waals surface area contributed by atoms with Crippen LogP contribution in [-0.4, -0.2) is 32.2 Å². The Hall–Kier alpha value is -2.70. The highest BCUT2D eigenvalue weighted by Gasteiger charge is 2.15. The molecule has 0 spiro atoms. The van der Waals surface area contributed by atoms with Crippen molar-refractivity contribution in [2.24, 2.45) is 0 Å². The molecule has 0 bridgehead atoms. The van der Waals surface area contributed by atoms with Crippen LogP contribution in [0.4, 0.5) is 0 Å². The van der Waals surface area contributed by atoms with E-state index in [1.807, 2.05) is 0 Å². The zero-order valence-electron chi connectivity index (χ0n) is 10.8. The van der Waals surface area contributed by atoms with Gasteiger partial charge in [0.2, 0.25) is 5.91 Å². The normalized spacial score (nSPS) is 11.8. The fourth-order valence-corrected chi connectivity index (χ4v) is 1.84. The lowest BCUT2D eigenvalue weighted by atomic mass is 10.0. The molecule has 1 atom stereocenters. The van der Waals surface area contributed by atoms with Crippen LogP contribution < -0.4 is 5.32 Å². The van der Waals surface area contributed by atoms with E-state index in [1.165, 1.54) is 12.4 Å². The number of H-pyrrole nitrogens is 1. The SMILES string of the molecule is CC(NC(=O)Cc1ccccc1C(=O)O)c1ncn[nH]1. The summed E-state index contributed by atoms with van der Waals surface area (Å²) in [7, 11) is 0. The summed E-state index contributed by atoms with van der Waals surface area (Å²) in [4.78, 5) is 26.9. The van der Waals surface area contributed by atoms with E-state index in [4.69, 9.17) is 5.11 Å². The van der Waals surface area contributed by atoms with Gasteiger partial charge in [-0.05, 0) is 18.6 Å². The fraction of sp³-hybridized carbons (Fsp3) is 0.231. The molecule has 20 heavy (non-hydrogen) atoms. The van der Waals surface area contributed by atoms with Crippen LogP contribution in [0.5, 0.6) is 0 Å². The molecule has 0 aliphatic rings. The molecule has 1 aromatic carbocycles. The highest BCUT2D eigenvalue weighted by Crippen LogP contribution is 2.11. The van der Waals surface area contributed by atoms with Gasteiger partial charge in [-0.25, -0.2) is 9.78 Å². The van der Waals surface area contributed by atoms with Gasteiger partial charge in [0.15, 0.2) is 0 Å². The Morgan fingerprint density at radius 3 is 2.80 bits per heavy atom. The van der Waals surface area contributed by atoms with Gasteiger partial charge in [0.25, 0.3) is 0 Å². The summed E-state index contributed by atoms with van der Waals surface area (Å²) in [6.07, 6.45) is 1.36. The molecule has 1 unspecified atom stereocenters. The number of amides is 1. The number of carbonyl (C=O) groups excluding carboxylic acids is 1. The van der Waals surface area contributed by atoms with Gasteiger partial charge in [-0.2, -0.15) is 5.10 Å². The zero-order chi connectivity index (χ0) is 14.5. The summed E-state index contributed by atoms with van der Waals surface area (Å²) in [5.41, 5.74) is 0.609. The standard InChI is InChI=1S/C13H14N4O3/c1-8(12-14-7-15-17-12)16-11(18)6-9-4-2-3-5-10(9)13(19)20/h2-5,7-8H,6H2,1H3,(H,16,18)(H,19,20)(H,14,15,17). The molecule has 3 N–H and O–H groups in total. The van der Waals surface area contributed by atoms with Crippen molar-refractivity contribution in [1.82, 2.24) is 20.5 Å². The third-order valence-electron chi connectivity index (χ3n) is 2.82. The van der Waals surface area contributed by atoms with Gasteiger partial charge >= 0.3 is 5.97 Å². The molecule has 1 amide bonds. The van der Waals surface area contributed by atoms with Crippen LogP contribution in [0, 0.1) is 0 Å². The second-order valence-electron chi connectivity index (χ2n) is 4.30. The third kappa shape index (κ3) is 3.19. The predicted molar refractivity (Wildman–Crippen MR) is 70.0 cm³/mol. The van der Waals surface area contributed by atoms with Gasteiger partial charge in [0.05, 0.1) is 18.0 Å². The number of hydrogen-bond donors (Lipinski definition) is 3. The van der Waals surface area contributed by atoms with Gasteiger partial charge < -0.3 is 10.4 Å². The Labute approximate surface area is 115 Å². The Bertz CT molecular complexity index is 610. The minimum atomic E-state index is -1.04. The van der Waals surface area contributed by atoms with Crippen molar-refractivity contribution in [3.63, 3.8) is 0 Å². The van der Waals surface area contributed by atoms with Crippen LogP contribution in [-0.2, 0) is 11.2 Å². The number of benzene rings is 1. The van der Waals surface area contributed by atoms with E-state index < -0.39 is 5.97 Å². The molecular formula is C13H14N4O3. The number of carbonyl (C=O) groups is 2. The topological polar surface area (TPSA) is 108 Å². The third-order valence-corrected chi connectivity index (χ3v) is 2.82. The molecule has 2 aromatic rings.